The largest absolute Gasteiger partial charge is 0.422 e. The number of benzene rings is 2. The number of sulfonamides is 1. The van der Waals surface area contributed by atoms with E-state index in [0.717, 1.165) is 16.3 Å². The summed E-state index contributed by atoms with van der Waals surface area (Å²) in [5, 5.41) is 1.79. The lowest BCUT2D eigenvalue weighted by atomic mass is 10.2. The van der Waals surface area contributed by atoms with Crippen LogP contribution in [0.5, 0.6) is 11.8 Å². The number of ether oxygens (including phenoxy) is 1. The van der Waals surface area contributed by atoms with Crippen LogP contribution in [0.15, 0.2) is 78.1 Å². The normalized spacial score (nSPS) is 14.8. The number of rotatable bonds is 3. The molecule has 0 N–H and O–H groups in total. The second kappa shape index (κ2) is 6.28. The van der Waals surface area contributed by atoms with Crippen molar-refractivity contribution >= 4 is 26.6 Å². The summed E-state index contributed by atoms with van der Waals surface area (Å²) in [6.45, 7) is 0.227. The van der Waals surface area contributed by atoms with Crippen molar-refractivity contribution in [3.8, 4) is 11.8 Å². The van der Waals surface area contributed by atoms with Gasteiger partial charge in [0.1, 0.15) is 5.82 Å². The third-order valence-electron chi connectivity index (χ3n) is 4.56. The van der Waals surface area contributed by atoms with Crippen molar-refractivity contribution in [1.82, 2.24) is 15.0 Å². The molecular formula is C20H14N4O3S. The molecule has 3 heterocycles. The molecule has 2 aromatic carbocycles. The lowest BCUT2D eigenvalue weighted by molar-refractivity contribution is 0.445. The van der Waals surface area contributed by atoms with Gasteiger partial charge in [-0.05, 0) is 11.6 Å². The Bertz CT molecular complexity index is 1300. The zero-order valence-electron chi connectivity index (χ0n) is 14.6. The second-order valence-electron chi connectivity index (χ2n) is 6.28. The van der Waals surface area contributed by atoms with Crippen LogP contribution in [-0.4, -0.2) is 23.4 Å². The number of nitrogens with zero attached hydrogens (tertiary/aromatic N) is 4. The molecule has 0 spiro atoms. The van der Waals surface area contributed by atoms with Crippen molar-refractivity contribution in [3.05, 3.63) is 78.8 Å². The van der Waals surface area contributed by atoms with Gasteiger partial charge in [0, 0.05) is 29.2 Å². The first kappa shape index (κ1) is 16.6. The summed E-state index contributed by atoms with van der Waals surface area (Å²) < 4.78 is 32.8. The van der Waals surface area contributed by atoms with E-state index in [1.54, 1.807) is 36.7 Å². The highest BCUT2D eigenvalue weighted by atomic mass is 32.2. The minimum absolute atomic E-state index is 0.0572. The van der Waals surface area contributed by atoms with Gasteiger partial charge in [0.25, 0.3) is 10.0 Å². The van der Waals surface area contributed by atoms with Crippen LogP contribution in [0, 0.1) is 0 Å². The molecule has 1 aliphatic heterocycles. The maximum atomic E-state index is 12.8. The van der Waals surface area contributed by atoms with E-state index in [-0.39, 0.29) is 18.4 Å². The number of pyridine rings is 1. The van der Waals surface area contributed by atoms with Crippen LogP contribution < -0.4 is 9.04 Å². The van der Waals surface area contributed by atoms with Crippen LogP contribution in [0.1, 0.15) is 5.56 Å². The van der Waals surface area contributed by atoms with E-state index >= 15 is 0 Å². The first-order chi connectivity index (χ1) is 13.6. The molecule has 0 atom stereocenters. The predicted molar refractivity (Wildman–Crippen MR) is 104 cm³/mol. The molecule has 7 nitrogen and oxygen atoms in total. The van der Waals surface area contributed by atoms with Crippen LogP contribution in [0.3, 0.4) is 0 Å². The van der Waals surface area contributed by atoms with E-state index in [9.17, 15) is 8.42 Å². The summed E-state index contributed by atoms with van der Waals surface area (Å²) in [6.07, 6.45) is 4.81. The van der Waals surface area contributed by atoms with Gasteiger partial charge in [-0.3, -0.25) is 4.98 Å². The highest BCUT2D eigenvalue weighted by Crippen LogP contribution is 2.34. The van der Waals surface area contributed by atoms with Crippen molar-refractivity contribution in [2.45, 2.75) is 11.4 Å². The molecule has 0 fully saturated rings. The zero-order chi connectivity index (χ0) is 19.1. The van der Waals surface area contributed by atoms with E-state index in [1.807, 2.05) is 30.3 Å². The predicted octanol–water partition coefficient (Wildman–Crippen LogP) is 3.53. The van der Waals surface area contributed by atoms with Crippen LogP contribution >= 0.6 is 0 Å². The van der Waals surface area contributed by atoms with Crippen molar-refractivity contribution in [3.63, 3.8) is 0 Å². The Kier molecular flexibility index (Phi) is 3.73. The Morgan fingerprint density at radius 1 is 0.964 bits per heavy atom. The molecule has 5 rings (SSSR count). The van der Waals surface area contributed by atoms with Crippen LogP contribution in [0.2, 0.25) is 0 Å². The Morgan fingerprint density at radius 2 is 1.79 bits per heavy atom. The summed E-state index contributed by atoms with van der Waals surface area (Å²) in [5.74, 6) is 0.761. The Morgan fingerprint density at radius 3 is 2.68 bits per heavy atom. The number of hydrogen-bond donors (Lipinski definition) is 0. The monoisotopic (exact) mass is 390 g/mol. The zero-order valence-corrected chi connectivity index (χ0v) is 15.4. The first-order valence-corrected chi connectivity index (χ1v) is 10.0. The fourth-order valence-corrected chi connectivity index (χ4v) is 4.85. The van der Waals surface area contributed by atoms with Crippen LogP contribution in [0.25, 0.3) is 10.8 Å². The second-order valence-corrected chi connectivity index (χ2v) is 8.11. The minimum atomic E-state index is -3.65. The van der Waals surface area contributed by atoms with Gasteiger partial charge in [-0.2, -0.15) is 4.98 Å². The van der Waals surface area contributed by atoms with Crippen molar-refractivity contribution in [2.75, 3.05) is 4.31 Å². The maximum Gasteiger partial charge on any atom is 0.323 e. The van der Waals surface area contributed by atoms with Gasteiger partial charge in [0.15, 0.2) is 5.75 Å². The first-order valence-electron chi connectivity index (χ1n) is 8.57. The summed E-state index contributed by atoms with van der Waals surface area (Å²) >= 11 is 0. The van der Waals surface area contributed by atoms with E-state index < -0.39 is 10.0 Å². The van der Waals surface area contributed by atoms with E-state index in [1.165, 1.54) is 10.5 Å². The molecule has 4 aromatic rings. The lowest BCUT2D eigenvalue weighted by Crippen LogP contribution is -2.24. The lowest BCUT2D eigenvalue weighted by Gasteiger charge is -2.16. The molecule has 138 valence electrons. The van der Waals surface area contributed by atoms with E-state index in [2.05, 4.69) is 15.0 Å². The fraction of sp³-hybridized carbons (Fsp3) is 0.0500. The number of fused-ring (bicyclic) bond motifs is 2. The summed E-state index contributed by atoms with van der Waals surface area (Å²) in [5.41, 5.74) is 0.738. The van der Waals surface area contributed by atoms with Gasteiger partial charge >= 0.3 is 6.01 Å². The standard InChI is InChI=1S/C20H14N4O3S/c25-28(26)18-8-4-2-6-15(18)13-24(28)19-9-10-22-20(23-19)27-17-12-21-11-14-5-1-3-7-16(14)17/h1-12H,13H2. The SMILES string of the molecule is O=S1(=O)c2ccccc2CN1c1ccnc(Oc2cncc3ccccc23)n1. The highest BCUT2D eigenvalue weighted by molar-refractivity contribution is 7.93. The quantitative estimate of drug-likeness (QED) is 0.532. The van der Waals surface area contributed by atoms with E-state index in [0.29, 0.717) is 10.6 Å². The fourth-order valence-electron chi connectivity index (χ4n) is 3.24. The van der Waals surface area contributed by atoms with Gasteiger partial charge in [0.05, 0.1) is 17.6 Å². The topological polar surface area (TPSA) is 85.3 Å². The molecular weight excluding hydrogens is 376 g/mol. The summed E-state index contributed by atoms with van der Waals surface area (Å²) in [7, 11) is -3.65. The van der Waals surface area contributed by atoms with Gasteiger partial charge in [-0.25, -0.2) is 17.7 Å². The smallest absolute Gasteiger partial charge is 0.323 e. The molecule has 0 aliphatic carbocycles. The van der Waals surface area contributed by atoms with Crippen LogP contribution in [0.4, 0.5) is 5.82 Å². The number of anilines is 1. The third-order valence-corrected chi connectivity index (χ3v) is 6.41. The number of hydrogen-bond acceptors (Lipinski definition) is 6. The van der Waals surface area contributed by atoms with Crippen LogP contribution in [-0.2, 0) is 16.6 Å². The van der Waals surface area contributed by atoms with Gasteiger partial charge in [-0.15, -0.1) is 0 Å². The molecule has 0 amide bonds. The van der Waals surface area contributed by atoms with Gasteiger partial charge < -0.3 is 4.74 Å². The Balaban J connectivity index is 1.51. The molecule has 0 radical (unpaired) electrons. The Hall–Kier alpha value is -3.52. The summed E-state index contributed by atoms with van der Waals surface area (Å²) in [4.78, 5) is 12.9. The minimum Gasteiger partial charge on any atom is -0.422 e. The molecule has 1 aliphatic rings. The molecule has 2 aromatic heterocycles. The number of aromatic nitrogens is 3. The van der Waals surface area contributed by atoms with Gasteiger partial charge in [-0.1, -0.05) is 42.5 Å². The Labute approximate surface area is 161 Å². The van der Waals surface area contributed by atoms with Crippen molar-refractivity contribution < 1.29 is 13.2 Å². The molecule has 0 saturated heterocycles. The van der Waals surface area contributed by atoms with Crippen molar-refractivity contribution in [2.24, 2.45) is 0 Å². The van der Waals surface area contributed by atoms with Crippen molar-refractivity contribution in [1.29, 1.82) is 0 Å². The molecule has 28 heavy (non-hydrogen) atoms. The molecule has 8 heteroatoms. The highest BCUT2D eigenvalue weighted by Gasteiger charge is 2.35. The van der Waals surface area contributed by atoms with Gasteiger partial charge in [0.2, 0.25) is 0 Å². The summed E-state index contributed by atoms with van der Waals surface area (Å²) in [6, 6.07) is 16.2. The molecule has 0 bridgehead atoms. The third kappa shape index (κ3) is 2.66. The molecule has 0 unspecified atom stereocenters. The average Bonchev–Trinajstić information content (AvgIpc) is 3.00. The molecule has 0 saturated carbocycles. The maximum absolute atomic E-state index is 12.8. The average molecular weight is 390 g/mol. The van der Waals surface area contributed by atoms with E-state index in [4.69, 9.17) is 4.74 Å².